The van der Waals surface area contributed by atoms with Gasteiger partial charge < -0.3 is 19.9 Å². The molecular formula is C18H25N5O. The van der Waals surface area contributed by atoms with E-state index in [9.17, 15) is 0 Å². The van der Waals surface area contributed by atoms with Gasteiger partial charge in [0.05, 0.1) is 11.6 Å². The first kappa shape index (κ1) is 15.6. The van der Waals surface area contributed by atoms with Gasteiger partial charge >= 0.3 is 0 Å². The first-order valence-corrected chi connectivity index (χ1v) is 8.85. The zero-order chi connectivity index (χ0) is 16.4. The number of anilines is 2. The maximum absolute atomic E-state index is 5.72. The van der Waals surface area contributed by atoms with Crippen molar-refractivity contribution in [2.45, 2.75) is 18.9 Å². The van der Waals surface area contributed by atoms with Crippen molar-refractivity contribution in [3.05, 3.63) is 24.3 Å². The van der Waals surface area contributed by atoms with Crippen LogP contribution in [0.5, 0.6) is 0 Å². The van der Waals surface area contributed by atoms with E-state index in [0.29, 0.717) is 6.10 Å². The monoisotopic (exact) mass is 327 g/mol. The molecule has 128 valence electrons. The Labute approximate surface area is 142 Å². The van der Waals surface area contributed by atoms with E-state index in [1.165, 1.54) is 0 Å². The third-order valence-corrected chi connectivity index (χ3v) is 4.90. The van der Waals surface area contributed by atoms with Crippen LogP contribution in [0.1, 0.15) is 12.8 Å². The van der Waals surface area contributed by atoms with Crippen LogP contribution in [0.2, 0.25) is 0 Å². The lowest BCUT2D eigenvalue weighted by molar-refractivity contribution is 0.120. The number of hydrogen-bond acceptors (Lipinski definition) is 6. The van der Waals surface area contributed by atoms with Crippen molar-refractivity contribution in [1.82, 2.24) is 14.9 Å². The van der Waals surface area contributed by atoms with Gasteiger partial charge in [-0.25, -0.2) is 4.98 Å². The summed E-state index contributed by atoms with van der Waals surface area (Å²) >= 11 is 0. The molecule has 24 heavy (non-hydrogen) atoms. The number of rotatable bonds is 4. The van der Waals surface area contributed by atoms with Crippen molar-refractivity contribution in [3.8, 4) is 0 Å². The molecule has 6 nitrogen and oxygen atoms in total. The molecule has 0 unspecified atom stereocenters. The highest BCUT2D eigenvalue weighted by Gasteiger charge is 2.20. The average molecular weight is 327 g/mol. The highest BCUT2D eigenvalue weighted by Crippen LogP contribution is 2.24. The Bertz CT molecular complexity index is 693. The molecule has 6 heteroatoms. The number of nitrogens with zero attached hydrogens (tertiary/aromatic N) is 4. The van der Waals surface area contributed by atoms with Crippen LogP contribution in [0.3, 0.4) is 0 Å². The van der Waals surface area contributed by atoms with Gasteiger partial charge in [-0.1, -0.05) is 12.1 Å². The molecule has 1 N–H and O–H groups in total. The minimum Gasteiger partial charge on any atom is -0.376 e. The Balaban J connectivity index is 1.60. The summed E-state index contributed by atoms with van der Waals surface area (Å²) in [6, 6.07) is 8.22. The van der Waals surface area contributed by atoms with Crippen molar-refractivity contribution < 1.29 is 4.74 Å². The van der Waals surface area contributed by atoms with E-state index in [-0.39, 0.29) is 0 Å². The lowest BCUT2D eigenvalue weighted by Crippen LogP contribution is -2.45. The minimum absolute atomic E-state index is 0.297. The molecule has 2 fully saturated rings. The fraction of sp³-hybridized carbons (Fsp3) is 0.556. The number of aromatic nitrogens is 2. The number of piperazine rings is 1. The molecular weight excluding hydrogens is 302 g/mol. The van der Waals surface area contributed by atoms with Gasteiger partial charge in [0.1, 0.15) is 5.82 Å². The summed E-state index contributed by atoms with van der Waals surface area (Å²) in [5.41, 5.74) is 0.997. The largest absolute Gasteiger partial charge is 0.376 e. The summed E-state index contributed by atoms with van der Waals surface area (Å²) in [6.45, 7) is 5.73. The van der Waals surface area contributed by atoms with Gasteiger partial charge in [0.15, 0.2) is 0 Å². The normalized spacial score (nSPS) is 22.2. The fourth-order valence-corrected chi connectivity index (χ4v) is 3.36. The SMILES string of the molecule is CN1CCN(c2nc(NC[C@H]3CCCO3)c3ccccc3n2)CC1. The Kier molecular flexibility index (Phi) is 4.49. The standard InChI is InChI=1S/C18H25N5O/c1-22-8-10-23(11-9-22)18-20-16-7-3-2-6-15(16)17(21-18)19-13-14-5-4-12-24-14/h2-3,6-7,14H,4-5,8-13H2,1H3,(H,19,20,21)/t14-/m1/s1. The van der Waals surface area contributed by atoms with Gasteiger partial charge in [0, 0.05) is 44.7 Å². The van der Waals surface area contributed by atoms with E-state index < -0.39 is 0 Å². The summed E-state index contributed by atoms with van der Waals surface area (Å²) in [4.78, 5) is 14.3. The molecule has 0 aliphatic carbocycles. The van der Waals surface area contributed by atoms with Crippen LogP contribution in [-0.2, 0) is 4.74 Å². The Morgan fingerprint density at radius 1 is 1.17 bits per heavy atom. The number of hydrogen-bond donors (Lipinski definition) is 1. The molecule has 2 aromatic rings. The Morgan fingerprint density at radius 2 is 2.00 bits per heavy atom. The molecule has 0 radical (unpaired) electrons. The van der Waals surface area contributed by atoms with Crippen LogP contribution in [0.25, 0.3) is 10.9 Å². The van der Waals surface area contributed by atoms with Crippen molar-refractivity contribution in [1.29, 1.82) is 0 Å². The first-order valence-electron chi connectivity index (χ1n) is 8.85. The zero-order valence-corrected chi connectivity index (χ0v) is 14.2. The van der Waals surface area contributed by atoms with Crippen molar-refractivity contribution in [2.24, 2.45) is 0 Å². The molecule has 0 saturated carbocycles. The summed E-state index contributed by atoms with van der Waals surface area (Å²) in [6.07, 6.45) is 2.58. The Morgan fingerprint density at radius 3 is 2.79 bits per heavy atom. The molecule has 2 aliphatic rings. The van der Waals surface area contributed by atoms with Crippen LogP contribution in [0, 0.1) is 0 Å². The van der Waals surface area contributed by atoms with Crippen molar-refractivity contribution in [2.75, 3.05) is 56.6 Å². The molecule has 1 atom stereocenters. The fourth-order valence-electron chi connectivity index (χ4n) is 3.36. The van der Waals surface area contributed by atoms with Gasteiger partial charge in [-0.05, 0) is 32.0 Å². The van der Waals surface area contributed by atoms with E-state index in [2.05, 4.69) is 34.3 Å². The lowest BCUT2D eigenvalue weighted by Gasteiger charge is -2.32. The maximum Gasteiger partial charge on any atom is 0.227 e. The number of para-hydroxylation sites is 1. The number of nitrogens with one attached hydrogen (secondary N) is 1. The first-order chi connectivity index (χ1) is 11.8. The molecule has 3 heterocycles. The molecule has 1 aromatic heterocycles. The second-order valence-electron chi connectivity index (χ2n) is 6.70. The second-order valence-corrected chi connectivity index (χ2v) is 6.70. The van der Waals surface area contributed by atoms with Crippen LogP contribution >= 0.6 is 0 Å². The Hall–Kier alpha value is -1.92. The van der Waals surface area contributed by atoms with Gasteiger partial charge in [-0.2, -0.15) is 4.98 Å². The van der Waals surface area contributed by atoms with Crippen molar-refractivity contribution >= 4 is 22.7 Å². The van der Waals surface area contributed by atoms with Crippen LogP contribution < -0.4 is 10.2 Å². The van der Waals surface area contributed by atoms with E-state index in [4.69, 9.17) is 14.7 Å². The molecule has 0 spiro atoms. The van der Waals surface area contributed by atoms with E-state index >= 15 is 0 Å². The number of fused-ring (bicyclic) bond motifs is 1. The summed E-state index contributed by atoms with van der Waals surface area (Å²) in [5, 5.41) is 4.58. The maximum atomic E-state index is 5.72. The molecule has 2 saturated heterocycles. The van der Waals surface area contributed by atoms with Crippen LogP contribution in [0.15, 0.2) is 24.3 Å². The second kappa shape index (κ2) is 6.91. The van der Waals surface area contributed by atoms with Crippen LogP contribution in [0.4, 0.5) is 11.8 Å². The number of likely N-dealkylation sites (N-methyl/N-ethyl adjacent to an activating group) is 1. The summed E-state index contributed by atoms with van der Waals surface area (Å²) < 4.78 is 5.72. The molecule has 0 amide bonds. The average Bonchev–Trinajstić information content (AvgIpc) is 3.13. The lowest BCUT2D eigenvalue weighted by atomic mass is 10.2. The summed E-state index contributed by atoms with van der Waals surface area (Å²) in [5.74, 6) is 1.75. The highest BCUT2D eigenvalue weighted by atomic mass is 16.5. The highest BCUT2D eigenvalue weighted by molar-refractivity contribution is 5.90. The molecule has 0 bridgehead atoms. The van der Waals surface area contributed by atoms with Gasteiger partial charge in [0.25, 0.3) is 0 Å². The molecule has 4 rings (SSSR count). The molecule has 2 aliphatic heterocycles. The molecule has 1 aromatic carbocycles. The topological polar surface area (TPSA) is 53.5 Å². The predicted molar refractivity (Wildman–Crippen MR) is 96.7 cm³/mol. The van der Waals surface area contributed by atoms with Gasteiger partial charge in [0.2, 0.25) is 5.95 Å². The predicted octanol–water partition coefficient (Wildman–Crippen LogP) is 1.97. The van der Waals surface area contributed by atoms with E-state index in [0.717, 1.165) is 74.8 Å². The zero-order valence-electron chi connectivity index (χ0n) is 14.2. The van der Waals surface area contributed by atoms with Crippen LogP contribution in [-0.4, -0.2) is 67.4 Å². The van der Waals surface area contributed by atoms with Gasteiger partial charge in [-0.15, -0.1) is 0 Å². The van der Waals surface area contributed by atoms with Gasteiger partial charge in [-0.3, -0.25) is 0 Å². The summed E-state index contributed by atoms with van der Waals surface area (Å²) in [7, 11) is 2.16. The minimum atomic E-state index is 0.297. The smallest absolute Gasteiger partial charge is 0.227 e. The quantitative estimate of drug-likeness (QED) is 0.927. The third kappa shape index (κ3) is 3.30. The third-order valence-electron chi connectivity index (χ3n) is 4.90. The van der Waals surface area contributed by atoms with E-state index in [1.807, 2.05) is 12.1 Å². The van der Waals surface area contributed by atoms with E-state index in [1.54, 1.807) is 0 Å². The van der Waals surface area contributed by atoms with Crippen molar-refractivity contribution in [3.63, 3.8) is 0 Å². The number of benzene rings is 1. The number of ether oxygens (including phenoxy) is 1.